The molecule has 15 heavy (non-hydrogen) atoms. The summed E-state index contributed by atoms with van der Waals surface area (Å²) in [5.41, 5.74) is 1.15. The van der Waals surface area contributed by atoms with Crippen molar-refractivity contribution < 1.29 is 4.39 Å². The molecule has 82 valence electrons. The minimum atomic E-state index is -0.173. The second-order valence-corrected chi connectivity index (χ2v) is 4.02. The Morgan fingerprint density at radius 2 is 2.13 bits per heavy atom. The van der Waals surface area contributed by atoms with Crippen LogP contribution in [0.2, 0.25) is 0 Å². The first-order valence-corrected chi connectivity index (χ1v) is 5.47. The second-order valence-electron chi connectivity index (χ2n) is 4.02. The molecule has 0 spiro atoms. The molecular formula is C12H17FN2. The number of hydrogen-bond acceptors (Lipinski definition) is 2. The van der Waals surface area contributed by atoms with Crippen LogP contribution in [-0.2, 0) is 0 Å². The Kier molecular flexibility index (Phi) is 3.34. The summed E-state index contributed by atoms with van der Waals surface area (Å²) in [5, 5.41) is 6.76. The first kappa shape index (κ1) is 10.6. The standard InChI is InChI=1S/C12H17FN2/c1-14-12(11-3-2-8-15-11)9-4-6-10(13)7-5-9/h4-7,11-12,14-15H,2-3,8H2,1H3. The highest BCUT2D eigenvalue weighted by molar-refractivity contribution is 5.21. The van der Waals surface area contributed by atoms with Gasteiger partial charge in [-0.05, 0) is 44.1 Å². The third kappa shape index (κ3) is 2.36. The summed E-state index contributed by atoms with van der Waals surface area (Å²) in [6.07, 6.45) is 2.41. The Morgan fingerprint density at radius 3 is 2.67 bits per heavy atom. The average molecular weight is 208 g/mol. The van der Waals surface area contributed by atoms with Crippen LogP contribution in [0.1, 0.15) is 24.4 Å². The fraction of sp³-hybridized carbons (Fsp3) is 0.500. The number of likely N-dealkylation sites (N-methyl/N-ethyl adjacent to an activating group) is 1. The molecule has 1 heterocycles. The van der Waals surface area contributed by atoms with Crippen LogP contribution in [-0.4, -0.2) is 19.6 Å². The Labute approximate surface area is 89.9 Å². The van der Waals surface area contributed by atoms with E-state index in [9.17, 15) is 4.39 Å². The van der Waals surface area contributed by atoms with Crippen molar-refractivity contribution in [3.8, 4) is 0 Å². The first-order chi connectivity index (χ1) is 7.31. The molecule has 0 amide bonds. The highest BCUT2D eigenvalue weighted by atomic mass is 19.1. The minimum absolute atomic E-state index is 0.173. The van der Waals surface area contributed by atoms with Crippen molar-refractivity contribution in [1.82, 2.24) is 10.6 Å². The molecule has 2 N–H and O–H groups in total. The van der Waals surface area contributed by atoms with E-state index in [2.05, 4.69) is 10.6 Å². The molecule has 2 atom stereocenters. The summed E-state index contributed by atoms with van der Waals surface area (Å²) in [5.74, 6) is -0.173. The molecular weight excluding hydrogens is 191 g/mol. The Bertz CT molecular complexity index is 304. The number of nitrogens with one attached hydrogen (secondary N) is 2. The molecule has 1 saturated heterocycles. The monoisotopic (exact) mass is 208 g/mol. The Morgan fingerprint density at radius 1 is 1.40 bits per heavy atom. The van der Waals surface area contributed by atoms with Gasteiger partial charge < -0.3 is 10.6 Å². The van der Waals surface area contributed by atoms with Gasteiger partial charge in [0.15, 0.2) is 0 Å². The predicted octanol–water partition coefficient (Wildman–Crippen LogP) is 1.84. The van der Waals surface area contributed by atoms with Gasteiger partial charge in [0, 0.05) is 12.1 Å². The quantitative estimate of drug-likeness (QED) is 0.792. The average Bonchev–Trinajstić information content (AvgIpc) is 2.75. The molecule has 3 heteroatoms. The van der Waals surface area contributed by atoms with Crippen LogP contribution < -0.4 is 10.6 Å². The van der Waals surface area contributed by atoms with E-state index in [1.165, 1.54) is 25.0 Å². The van der Waals surface area contributed by atoms with Crippen LogP contribution in [0.5, 0.6) is 0 Å². The van der Waals surface area contributed by atoms with Gasteiger partial charge in [-0.2, -0.15) is 0 Å². The molecule has 2 rings (SSSR count). The van der Waals surface area contributed by atoms with Crippen molar-refractivity contribution in [2.45, 2.75) is 24.9 Å². The van der Waals surface area contributed by atoms with E-state index in [0.717, 1.165) is 12.1 Å². The number of benzene rings is 1. The molecule has 0 radical (unpaired) electrons. The van der Waals surface area contributed by atoms with Gasteiger partial charge in [0.25, 0.3) is 0 Å². The molecule has 2 nitrogen and oxygen atoms in total. The largest absolute Gasteiger partial charge is 0.312 e. The van der Waals surface area contributed by atoms with E-state index in [1.54, 1.807) is 0 Å². The highest BCUT2D eigenvalue weighted by Gasteiger charge is 2.24. The molecule has 2 unspecified atom stereocenters. The van der Waals surface area contributed by atoms with E-state index in [0.29, 0.717) is 6.04 Å². The lowest BCUT2D eigenvalue weighted by Gasteiger charge is -2.23. The topological polar surface area (TPSA) is 24.1 Å². The minimum Gasteiger partial charge on any atom is -0.312 e. The van der Waals surface area contributed by atoms with Crippen LogP contribution in [0.4, 0.5) is 4.39 Å². The van der Waals surface area contributed by atoms with Crippen molar-refractivity contribution in [3.05, 3.63) is 35.6 Å². The van der Waals surface area contributed by atoms with Gasteiger partial charge in [0.2, 0.25) is 0 Å². The summed E-state index contributed by atoms with van der Waals surface area (Å²) >= 11 is 0. The summed E-state index contributed by atoms with van der Waals surface area (Å²) in [6, 6.07) is 7.52. The summed E-state index contributed by atoms with van der Waals surface area (Å²) in [4.78, 5) is 0. The third-order valence-electron chi connectivity index (χ3n) is 3.04. The van der Waals surface area contributed by atoms with Crippen molar-refractivity contribution >= 4 is 0 Å². The van der Waals surface area contributed by atoms with E-state index < -0.39 is 0 Å². The normalized spacial score (nSPS) is 22.9. The van der Waals surface area contributed by atoms with Crippen LogP contribution in [0.25, 0.3) is 0 Å². The lowest BCUT2D eigenvalue weighted by molar-refractivity contribution is 0.440. The van der Waals surface area contributed by atoms with Gasteiger partial charge in [0.05, 0.1) is 0 Å². The van der Waals surface area contributed by atoms with E-state index in [4.69, 9.17) is 0 Å². The zero-order valence-electron chi connectivity index (χ0n) is 8.96. The molecule has 1 fully saturated rings. The molecule has 0 saturated carbocycles. The van der Waals surface area contributed by atoms with Crippen LogP contribution in [0, 0.1) is 5.82 Å². The highest BCUT2D eigenvalue weighted by Crippen LogP contribution is 2.22. The maximum absolute atomic E-state index is 12.8. The first-order valence-electron chi connectivity index (χ1n) is 5.47. The van der Waals surface area contributed by atoms with Crippen molar-refractivity contribution in [2.24, 2.45) is 0 Å². The molecule has 0 aromatic heterocycles. The fourth-order valence-electron chi connectivity index (χ4n) is 2.27. The summed E-state index contributed by atoms with van der Waals surface area (Å²) in [7, 11) is 1.95. The maximum Gasteiger partial charge on any atom is 0.123 e. The van der Waals surface area contributed by atoms with Crippen molar-refractivity contribution in [1.29, 1.82) is 0 Å². The zero-order chi connectivity index (χ0) is 10.7. The molecule has 1 aromatic rings. The molecule has 1 aromatic carbocycles. The van der Waals surface area contributed by atoms with E-state index in [-0.39, 0.29) is 11.9 Å². The number of hydrogen-bond donors (Lipinski definition) is 2. The summed E-state index contributed by atoms with van der Waals surface area (Å²) < 4.78 is 12.8. The maximum atomic E-state index is 12.8. The molecule has 1 aliphatic rings. The van der Waals surface area contributed by atoms with E-state index in [1.807, 2.05) is 19.2 Å². The van der Waals surface area contributed by atoms with Gasteiger partial charge in [-0.25, -0.2) is 4.39 Å². The fourth-order valence-corrected chi connectivity index (χ4v) is 2.27. The van der Waals surface area contributed by atoms with E-state index >= 15 is 0 Å². The van der Waals surface area contributed by atoms with Crippen molar-refractivity contribution in [3.63, 3.8) is 0 Å². The van der Waals surface area contributed by atoms with Crippen LogP contribution in [0.3, 0.4) is 0 Å². The SMILES string of the molecule is CNC(c1ccc(F)cc1)C1CCCN1. The van der Waals surface area contributed by atoms with Crippen LogP contribution >= 0.6 is 0 Å². The van der Waals surface area contributed by atoms with Gasteiger partial charge in [-0.3, -0.25) is 0 Å². The van der Waals surface area contributed by atoms with Gasteiger partial charge in [-0.15, -0.1) is 0 Å². The van der Waals surface area contributed by atoms with Gasteiger partial charge in [0.1, 0.15) is 5.82 Å². The Balaban J connectivity index is 2.14. The molecule has 0 aliphatic carbocycles. The lowest BCUT2D eigenvalue weighted by Crippen LogP contribution is -2.36. The second kappa shape index (κ2) is 4.73. The third-order valence-corrected chi connectivity index (χ3v) is 3.04. The van der Waals surface area contributed by atoms with Crippen molar-refractivity contribution in [2.75, 3.05) is 13.6 Å². The summed E-state index contributed by atoms with van der Waals surface area (Å²) in [6.45, 7) is 1.09. The predicted molar refractivity (Wildman–Crippen MR) is 59.2 cm³/mol. The smallest absolute Gasteiger partial charge is 0.123 e. The number of halogens is 1. The van der Waals surface area contributed by atoms with Gasteiger partial charge >= 0.3 is 0 Å². The molecule has 0 bridgehead atoms. The Hall–Kier alpha value is -0.930. The lowest BCUT2D eigenvalue weighted by atomic mass is 9.98. The van der Waals surface area contributed by atoms with Gasteiger partial charge in [-0.1, -0.05) is 12.1 Å². The zero-order valence-corrected chi connectivity index (χ0v) is 8.96. The number of rotatable bonds is 3. The molecule has 1 aliphatic heterocycles. The van der Waals surface area contributed by atoms with Crippen LogP contribution in [0.15, 0.2) is 24.3 Å².